The van der Waals surface area contributed by atoms with Crippen LogP contribution in [0.5, 0.6) is 5.75 Å². The van der Waals surface area contributed by atoms with Gasteiger partial charge in [-0.3, -0.25) is 4.99 Å². The van der Waals surface area contributed by atoms with E-state index in [2.05, 4.69) is 20.4 Å². The molecule has 170 valence electrons. The number of ether oxygens (including phenoxy) is 3. The summed E-state index contributed by atoms with van der Waals surface area (Å²) >= 11 is 0. The van der Waals surface area contributed by atoms with E-state index in [9.17, 15) is 13.9 Å². The number of hydrogen-bond donors (Lipinski definition) is 3. The Morgan fingerprint density at radius 1 is 1.23 bits per heavy atom. The van der Waals surface area contributed by atoms with E-state index >= 15 is 0 Å². The molecule has 1 unspecified atom stereocenters. The van der Waals surface area contributed by atoms with Crippen molar-refractivity contribution in [2.75, 3.05) is 46.1 Å². The summed E-state index contributed by atoms with van der Waals surface area (Å²) in [5.74, 6) is 1.26. The van der Waals surface area contributed by atoms with Crippen LogP contribution in [-0.2, 0) is 9.47 Å². The van der Waals surface area contributed by atoms with Crippen LogP contribution >= 0.6 is 0 Å². The first-order valence-corrected chi connectivity index (χ1v) is 10.5. The molecule has 30 heavy (non-hydrogen) atoms. The maximum Gasteiger partial charge on any atom is 0.387 e. The van der Waals surface area contributed by atoms with Gasteiger partial charge in [-0.25, -0.2) is 0 Å². The van der Waals surface area contributed by atoms with Crippen molar-refractivity contribution < 1.29 is 28.1 Å². The molecular formula is C21H33F2N3O4. The Kier molecular flexibility index (Phi) is 11.4. The number of aliphatic imine (C=N–C) groups is 1. The van der Waals surface area contributed by atoms with Crippen LogP contribution in [0.1, 0.15) is 37.9 Å². The summed E-state index contributed by atoms with van der Waals surface area (Å²) < 4.78 is 39.8. The minimum absolute atomic E-state index is 0.0542. The molecule has 3 N–H and O–H groups in total. The summed E-state index contributed by atoms with van der Waals surface area (Å²) in [5.41, 5.74) is 0.581. The Bertz CT molecular complexity index is 611. The van der Waals surface area contributed by atoms with E-state index < -0.39 is 12.7 Å². The summed E-state index contributed by atoms with van der Waals surface area (Å²) in [6.45, 7) is 3.76. The van der Waals surface area contributed by atoms with Gasteiger partial charge in [0.2, 0.25) is 0 Å². The number of aliphatic hydroxyl groups excluding tert-OH is 1. The lowest BCUT2D eigenvalue weighted by Gasteiger charge is -2.21. The molecule has 2 rings (SSSR count). The Morgan fingerprint density at radius 3 is 2.63 bits per heavy atom. The number of halogens is 2. The summed E-state index contributed by atoms with van der Waals surface area (Å²) in [7, 11) is 0. The summed E-state index contributed by atoms with van der Waals surface area (Å²) in [6.07, 6.45) is 2.14. The van der Waals surface area contributed by atoms with Gasteiger partial charge in [0.05, 0.1) is 12.6 Å². The van der Waals surface area contributed by atoms with E-state index in [-0.39, 0.29) is 12.3 Å². The van der Waals surface area contributed by atoms with Crippen molar-refractivity contribution in [3.63, 3.8) is 0 Å². The van der Waals surface area contributed by atoms with Crippen LogP contribution in [0.3, 0.4) is 0 Å². The van der Waals surface area contributed by atoms with Crippen LogP contribution in [0.4, 0.5) is 8.78 Å². The third-order valence-electron chi connectivity index (χ3n) is 4.71. The van der Waals surface area contributed by atoms with Crippen molar-refractivity contribution in [1.82, 2.24) is 10.6 Å². The van der Waals surface area contributed by atoms with Gasteiger partial charge in [-0.2, -0.15) is 8.78 Å². The highest BCUT2D eigenvalue weighted by Crippen LogP contribution is 2.19. The summed E-state index contributed by atoms with van der Waals surface area (Å²) in [5, 5.41) is 16.6. The topological polar surface area (TPSA) is 84.3 Å². The average molecular weight is 430 g/mol. The van der Waals surface area contributed by atoms with Crippen LogP contribution in [0.25, 0.3) is 0 Å². The Morgan fingerprint density at radius 2 is 1.97 bits per heavy atom. The van der Waals surface area contributed by atoms with Gasteiger partial charge >= 0.3 is 6.61 Å². The molecule has 1 aromatic rings. The zero-order valence-corrected chi connectivity index (χ0v) is 17.5. The van der Waals surface area contributed by atoms with Gasteiger partial charge in [-0.1, -0.05) is 12.1 Å². The fourth-order valence-electron chi connectivity index (χ4n) is 3.04. The second-order valence-corrected chi connectivity index (χ2v) is 7.09. The molecule has 0 aliphatic carbocycles. The SMILES string of the molecule is CCNC(=NCC(O)c1ccc(OC(F)F)cc1)NCCCOCC1CCOCC1. The van der Waals surface area contributed by atoms with E-state index in [1.54, 1.807) is 12.1 Å². The molecule has 1 saturated heterocycles. The standard InChI is InChI=1S/C21H33F2N3O4/c1-2-24-21(25-10-3-11-29-15-16-8-12-28-13-9-16)26-14-19(27)17-4-6-18(7-5-17)30-20(22)23/h4-7,16,19-20,27H,2-3,8-15H2,1H3,(H2,24,25,26). The van der Waals surface area contributed by atoms with Gasteiger partial charge in [0.1, 0.15) is 5.75 Å². The average Bonchev–Trinajstić information content (AvgIpc) is 2.75. The zero-order chi connectivity index (χ0) is 21.6. The number of nitrogens with one attached hydrogen (secondary N) is 2. The second-order valence-electron chi connectivity index (χ2n) is 7.09. The van der Waals surface area contributed by atoms with Crippen molar-refractivity contribution in [3.8, 4) is 5.75 Å². The normalized spacial score (nSPS) is 16.5. The third-order valence-corrected chi connectivity index (χ3v) is 4.71. The van der Waals surface area contributed by atoms with Gasteiger partial charge in [-0.05, 0) is 49.8 Å². The molecule has 1 aliphatic heterocycles. The van der Waals surface area contributed by atoms with Crippen molar-refractivity contribution >= 4 is 5.96 Å². The van der Waals surface area contributed by atoms with E-state index in [0.717, 1.165) is 39.1 Å². The van der Waals surface area contributed by atoms with Crippen molar-refractivity contribution in [1.29, 1.82) is 0 Å². The molecule has 7 nitrogen and oxygen atoms in total. The number of nitrogens with zero attached hydrogens (tertiary/aromatic N) is 1. The number of aliphatic hydroxyl groups is 1. The molecule has 0 amide bonds. The zero-order valence-electron chi connectivity index (χ0n) is 17.5. The fraction of sp³-hybridized carbons (Fsp3) is 0.667. The molecule has 0 aromatic heterocycles. The van der Waals surface area contributed by atoms with Gasteiger partial charge in [0.15, 0.2) is 5.96 Å². The largest absolute Gasteiger partial charge is 0.435 e. The smallest absolute Gasteiger partial charge is 0.387 e. The van der Waals surface area contributed by atoms with Crippen molar-refractivity contribution in [2.45, 2.75) is 38.9 Å². The Labute approximate surface area is 176 Å². The Balaban J connectivity index is 1.68. The lowest BCUT2D eigenvalue weighted by Crippen LogP contribution is -2.38. The number of hydrogen-bond acceptors (Lipinski definition) is 5. The van der Waals surface area contributed by atoms with Gasteiger partial charge < -0.3 is 30.0 Å². The minimum atomic E-state index is -2.87. The lowest BCUT2D eigenvalue weighted by molar-refractivity contribution is -0.0498. The molecule has 0 saturated carbocycles. The van der Waals surface area contributed by atoms with Crippen molar-refractivity contribution in [3.05, 3.63) is 29.8 Å². The molecule has 1 atom stereocenters. The molecule has 1 aliphatic rings. The highest BCUT2D eigenvalue weighted by Gasteiger charge is 2.13. The van der Waals surface area contributed by atoms with Gasteiger partial charge in [0.25, 0.3) is 0 Å². The number of benzene rings is 1. The molecular weight excluding hydrogens is 396 g/mol. The molecule has 1 aromatic carbocycles. The molecule has 0 radical (unpaired) electrons. The highest BCUT2D eigenvalue weighted by molar-refractivity contribution is 5.79. The first kappa shape index (κ1) is 24.3. The molecule has 1 heterocycles. The van der Waals surface area contributed by atoms with Crippen LogP contribution in [-0.4, -0.2) is 63.7 Å². The van der Waals surface area contributed by atoms with Gasteiger partial charge in [-0.15, -0.1) is 0 Å². The molecule has 9 heteroatoms. The van der Waals surface area contributed by atoms with Crippen LogP contribution in [0.15, 0.2) is 29.3 Å². The molecule has 0 spiro atoms. The maximum absolute atomic E-state index is 12.2. The monoisotopic (exact) mass is 429 g/mol. The maximum atomic E-state index is 12.2. The first-order chi connectivity index (χ1) is 14.6. The second kappa shape index (κ2) is 14.1. The lowest BCUT2D eigenvalue weighted by atomic mass is 10.0. The first-order valence-electron chi connectivity index (χ1n) is 10.5. The van der Waals surface area contributed by atoms with Gasteiger partial charge in [0, 0.05) is 39.5 Å². The molecule has 1 fully saturated rings. The molecule has 0 bridgehead atoms. The Hall–Kier alpha value is -1.97. The number of rotatable bonds is 12. The van der Waals surface area contributed by atoms with E-state index in [4.69, 9.17) is 9.47 Å². The summed E-state index contributed by atoms with van der Waals surface area (Å²) in [4.78, 5) is 4.39. The quantitative estimate of drug-likeness (QED) is 0.269. The fourth-order valence-corrected chi connectivity index (χ4v) is 3.04. The van der Waals surface area contributed by atoms with E-state index in [0.29, 0.717) is 37.1 Å². The van der Waals surface area contributed by atoms with Crippen molar-refractivity contribution in [2.24, 2.45) is 10.9 Å². The van der Waals surface area contributed by atoms with Crippen LogP contribution in [0.2, 0.25) is 0 Å². The van der Waals surface area contributed by atoms with E-state index in [1.807, 2.05) is 6.92 Å². The highest BCUT2D eigenvalue weighted by atomic mass is 19.3. The minimum Gasteiger partial charge on any atom is -0.435 e. The predicted octanol–water partition coefficient (Wildman–Crippen LogP) is 2.71. The third kappa shape index (κ3) is 9.69. The van der Waals surface area contributed by atoms with Crippen LogP contribution < -0.4 is 15.4 Å². The predicted molar refractivity (Wildman–Crippen MR) is 111 cm³/mol. The number of alkyl halides is 2. The summed E-state index contributed by atoms with van der Waals surface area (Å²) in [6, 6.07) is 5.90. The van der Waals surface area contributed by atoms with Crippen LogP contribution in [0, 0.1) is 5.92 Å². The van der Waals surface area contributed by atoms with E-state index in [1.165, 1.54) is 12.1 Å². The number of guanidine groups is 1.